The molecule has 1 saturated heterocycles. The van der Waals surface area contributed by atoms with Gasteiger partial charge in [0.05, 0.1) is 18.6 Å². The second-order valence-electron chi connectivity index (χ2n) is 5.07. The Labute approximate surface area is 124 Å². The molecule has 0 radical (unpaired) electrons. The van der Waals surface area contributed by atoms with Crippen molar-refractivity contribution in [3.8, 4) is 0 Å². The van der Waals surface area contributed by atoms with Gasteiger partial charge in [0.1, 0.15) is 6.10 Å². The molecule has 1 amide bonds. The Morgan fingerprint density at radius 3 is 2.70 bits per heavy atom. The van der Waals surface area contributed by atoms with Crippen LogP contribution in [0, 0.1) is 5.92 Å². The van der Waals surface area contributed by atoms with Crippen LogP contribution in [0.1, 0.15) is 25.0 Å². The Morgan fingerprint density at radius 1 is 1.45 bits per heavy atom. The third-order valence-electron chi connectivity index (χ3n) is 3.58. The van der Waals surface area contributed by atoms with E-state index in [-0.39, 0.29) is 24.0 Å². The van der Waals surface area contributed by atoms with E-state index in [4.69, 9.17) is 21.1 Å². The first-order chi connectivity index (χ1) is 9.61. The highest BCUT2D eigenvalue weighted by Crippen LogP contribution is 2.23. The van der Waals surface area contributed by atoms with Crippen molar-refractivity contribution in [3.05, 3.63) is 34.9 Å². The number of methoxy groups -OCH3 is 1. The summed E-state index contributed by atoms with van der Waals surface area (Å²) in [6, 6.07) is 7.36. The quantitative estimate of drug-likeness (QED) is 0.908. The lowest BCUT2D eigenvalue weighted by Crippen LogP contribution is -2.41. The number of halogens is 1. The Morgan fingerprint density at radius 2 is 2.15 bits per heavy atom. The summed E-state index contributed by atoms with van der Waals surface area (Å²) in [6.07, 6.45) is 0.593. The molecule has 0 aliphatic carbocycles. The van der Waals surface area contributed by atoms with Gasteiger partial charge < -0.3 is 14.8 Å². The fourth-order valence-electron chi connectivity index (χ4n) is 2.44. The summed E-state index contributed by atoms with van der Waals surface area (Å²) < 4.78 is 10.8. The van der Waals surface area contributed by atoms with E-state index in [1.54, 1.807) is 7.11 Å². The molecule has 1 aliphatic heterocycles. The molecule has 0 saturated carbocycles. The number of rotatable bonds is 5. The van der Waals surface area contributed by atoms with Crippen LogP contribution >= 0.6 is 11.6 Å². The Bertz CT molecular complexity index is 443. The van der Waals surface area contributed by atoms with Crippen LogP contribution in [0.4, 0.5) is 0 Å². The van der Waals surface area contributed by atoms with Gasteiger partial charge in [0.25, 0.3) is 0 Å². The third-order valence-corrected chi connectivity index (χ3v) is 3.83. The first kappa shape index (κ1) is 15.3. The summed E-state index contributed by atoms with van der Waals surface area (Å²) in [4.78, 5) is 12.1. The van der Waals surface area contributed by atoms with Crippen molar-refractivity contribution in [3.63, 3.8) is 0 Å². The molecular formula is C15H20ClNO3. The number of carbonyl (C=O) groups excluding carboxylic acids is 1. The highest BCUT2D eigenvalue weighted by atomic mass is 35.5. The van der Waals surface area contributed by atoms with E-state index in [2.05, 4.69) is 5.32 Å². The van der Waals surface area contributed by atoms with Crippen molar-refractivity contribution in [2.45, 2.75) is 25.5 Å². The van der Waals surface area contributed by atoms with E-state index in [0.717, 1.165) is 12.0 Å². The number of nitrogens with one attached hydrogen (secondary N) is 1. The van der Waals surface area contributed by atoms with E-state index in [1.165, 1.54) is 0 Å². The van der Waals surface area contributed by atoms with Crippen molar-refractivity contribution in [2.24, 2.45) is 5.92 Å². The molecule has 1 fully saturated rings. The molecule has 20 heavy (non-hydrogen) atoms. The topological polar surface area (TPSA) is 47.6 Å². The van der Waals surface area contributed by atoms with Crippen molar-refractivity contribution in [2.75, 3.05) is 20.3 Å². The number of benzene rings is 1. The third kappa shape index (κ3) is 3.72. The predicted molar refractivity (Wildman–Crippen MR) is 77.7 cm³/mol. The zero-order valence-corrected chi connectivity index (χ0v) is 12.5. The number of carbonyl (C=O) groups is 1. The van der Waals surface area contributed by atoms with Gasteiger partial charge >= 0.3 is 0 Å². The average molecular weight is 298 g/mol. The number of ether oxygens (including phenoxy) is 2. The number of hydrogen-bond acceptors (Lipinski definition) is 3. The van der Waals surface area contributed by atoms with Gasteiger partial charge in [-0.05, 0) is 31.0 Å². The van der Waals surface area contributed by atoms with Crippen molar-refractivity contribution in [1.82, 2.24) is 5.32 Å². The molecule has 3 atom stereocenters. The maximum absolute atomic E-state index is 12.1. The van der Waals surface area contributed by atoms with Gasteiger partial charge in [-0.3, -0.25) is 4.79 Å². The van der Waals surface area contributed by atoms with Crippen LogP contribution in [0.3, 0.4) is 0 Å². The minimum atomic E-state index is -0.196. The molecule has 1 aromatic carbocycles. The lowest BCUT2D eigenvalue weighted by molar-refractivity contribution is -0.126. The fraction of sp³-hybridized carbons (Fsp3) is 0.533. The Balaban J connectivity index is 1.99. The van der Waals surface area contributed by atoms with E-state index in [9.17, 15) is 4.79 Å². The van der Waals surface area contributed by atoms with Gasteiger partial charge in [0.15, 0.2) is 0 Å². The van der Waals surface area contributed by atoms with Crippen LogP contribution in [-0.4, -0.2) is 32.3 Å². The van der Waals surface area contributed by atoms with Gasteiger partial charge in [-0.25, -0.2) is 0 Å². The van der Waals surface area contributed by atoms with E-state index in [1.807, 2.05) is 31.2 Å². The van der Waals surface area contributed by atoms with Crippen LogP contribution in [-0.2, 0) is 14.3 Å². The normalized spacial score (nSPS) is 21.4. The molecule has 5 heteroatoms. The summed E-state index contributed by atoms with van der Waals surface area (Å²) in [5.74, 6) is -0.00816. The molecule has 0 spiro atoms. The van der Waals surface area contributed by atoms with Gasteiger partial charge in [-0.2, -0.15) is 0 Å². The maximum Gasteiger partial charge on any atom is 0.225 e. The minimum absolute atomic E-state index is 0.0333. The molecule has 0 unspecified atom stereocenters. The van der Waals surface area contributed by atoms with Crippen LogP contribution < -0.4 is 5.32 Å². The highest BCUT2D eigenvalue weighted by molar-refractivity contribution is 6.30. The first-order valence-electron chi connectivity index (χ1n) is 6.78. The molecule has 0 bridgehead atoms. The second-order valence-corrected chi connectivity index (χ2v) is 5.50. The van der Waals surface area contributed by atoms with Crippen molar-refractivity contribution >= 4 is 17.5 Å². The average Bonchev–Trinajstić information content (AvgIpc) is 2.96. The number of hydrogen-bond donors (Lipinski definition) is 1. The van der Waals surface area contributed by atoms with Gasteiger partial charge in [-0.15, -0.1) is 0 Å². The molecule has 110 valence electrons. The zero-order chi connectivity index (χ0) is 14.5. The van der Waals surface area contributed by atoms with Crippen molar-refractivity contribution < 1.29 is 14.3 Å². The van der Waals surface area contributed by atoms with E-state index < -0.39 is 0 Å². The molecule has 0 aromatic heterocycles. The highest BCUT2D eigenvalue weighted by Gasteiger charge is 2.27. The Hall–Kier alpha value is -1.10. The summed E-state index contributed by atoms with van der Waals surface area (Å²) in [5, 5.41) is 3.69. The second kappa shape index (κ2) is 7.07. The van der Waals surface area contributed by atoms with E-state index >= 15 is 0 Å². The fourth-order valence-corrected chi connectivity index (χ4v) is 2.57. The molecular weight excluding hydrogens is 278 g/mol. The molecule has 2 rings (SSSR count). The van der Waals surface area contributed by atoms with Crippen LogP contribution in [0.2, 0.25) is 5.02 Å². The molecule has 1 aliphatic rings. The maximum atomic E-state index is 12.1. The summed E-state index contributed by atoms with van der Waals surface area (Å²) in [5.41, 5.74) is 0.993. The van der Waals surface area contributed by atoms with Crippen LogP contribution in [0.25, 0.3) is 0 Å². The summed E-state index contributed by atoms with van der Waals surface area (Å²) >= 11 is 5.89. The summed E-state index contributed by atoms with van der Waals surface area (Å²) in [7, 11) is 1.64. The minimum Gasteiger partial charge on any atom is -0.381 e. The first-order valence-corrected chi connectivity index (χ1v) is 7.16. The smallest absolute Gasteiger partial charge is 0.225 e. The van der Waals surface area contributed by atoms with Gasteiger partial charge in [0, 0.05) is 18.7 Å². The van der Waals surface area contributed by atoms with Crippen LogP contribution in [0.5, 0.6) is 0 Å². The lowest BCUT2D eigenvalue weighted by atomic mass is 10.0. The molecule has 1 heterocycles. The molecule has 1 N–H and O–H groups in total. The van der Waals surface area contributed by atoms with Gasteiger partial charge in [0.2, 0.25) is 5.91 Å². The van der Waals surface area contributed by atoms with Crippen LogP contribution in [0.15, 0.2) is 24.3 Å². The lowest BCUT2D eigenvalue weighted by Gasteiger charge is -2.25. The predicted octanol–water partition coefficient (Wildman–Crippen LogP) is 2.57. The largest absolute Gasteiger partial charge is 0.381 e. The van der Waals surface area contributed by atoms with Crippen molar-refractivity contribution in [1.29, 1.82) is 0 Å². The molecule has 1 aromatic rings. The molecule has 4 nitrogen and oxygen atoms in total. The zero-order valence-electron chi connectivity index (χ0n) is 11.8. The standard InChI is InChI=1S/C15H20ClNO3/c1-10(17-15(18)12-7-8-20-9-12)14(19-2)11-3-5-13(16)6-4-11/h3-6,10,12,14H,7-9H2,1-2H3,(H,17,18)/t10-,12+,14-/m0/s1. The SMILES string of the molecule is CO[C@H](c1ccc(Cl)cc1)[C@H](C)NC(=O)[C@@H]1CCOC1. The van der Waals surface area contributed by atoms with E-state index in [0.29, 0.717) is 18.2 Å². The Kier molecular flexibility index (Phi) is 5.40. The number of amides is 1. The monoisotopic (exact) mass is 297 g/mol. The van der Waals surface area contributed by atoms with Gasteiger partial charge in [-0.1, -0.05) is 23.7 Å². The summed E-state index contributed by atoms with van der Waals surface area (Å²) in [6.45, 7) is 3.12.